The molecule has 7 heteroatoms. The second-order valence-corrected chi connectivity index (χ2v) is 15.6. The normalized spacial score (nSPS) is 46.0. The second kappa shape index (κ2) is 10.1. The fourth-order valence-electron chi connectivity index (χ4n) is 11.7. The molecule has 0 bridgehead atoms. The number of benzene rings is 1. The summed E-state index contributed by atoms with van der Waals surface area (Å²) in [6.07, 6.45) is 7.58. The molecule has 0 unspecified atom stereocenters. The maximum atomic E-state index is 13.6. The van der Waals surface area contributed by atoms with Gasteiger partial charge in [-0.2, -0.15) is 0 Å². The molecule has 234 valence electrons. The molecule has 11 atom stereocenters. The van der Waals surface area contributed by atoms with Crippen LogP contribution in [0, 0.1) is 45.8 Å². The molecule has 2 aliphatic heterocycles. The fraction of sp³-hybridized carbons (Fsp3) is 0.750. The Kier molecular flexibility index (Phi) is 6.85. The summed E-state index contributed by atoms with van der Waals surface area (Å²) >= 11 is 0. The number of fused-ring (bicyclic) bond motifs is 4. The molecule has 4 aliphatic carbocycles. The lowest BCUT2D eigenvalue weighted by atomic mass is 9.58. The molecule has 1 aromatic rings. The summed E-state index contributed by atoms with van der Waals surface area (Å²) in [4.78, 5) is 41.2. The van der Waals surface area contributed by atoms with Crippen molar-refractivity contribution in [3.8, 4) is 0 Å². The van der Waals surface area contributed by atoms with Crippen molar-refractivity contribution in [2.24, 2.45) is 45.8 Å². The van der Waals surface area contributed by atoms with Crippen LogP contribution in [0.1, 0.15) is 91.0 Å². The molecule has 1 amide bonds. The molecular weight excluding hydrogens is 542 g/mol. The van der Waals surface area contributed by atoms with Gasteiger partial charge in [0, 0.05) is 36.1 Å². The Morgan fingerprint density at radius 1 is 1.09 bits per heavy atom. The highest BCUT2D eigenvalue weighted by Gasteiger charge is 2.84. The van der Waals surface area contributed by atoms with E-state index in [9.17, 15) is 14.4 Å². The second-order valence-electron chi connectivity index (χ2n) is 15.6. The standard InChI is InChI=1S/C36H49NO6/c1-22-17-28-31(37(19-22)32(40)42-20-24-9-7-6-8-10-24)23(2)36(43-28)16-13-26-25-11-12-29(38)33(3,15-14-30(39)41-5)27(25)18-35(26)21-34(35,36)4/h6-10,22-23,25-28,31H,11-21H2,1-5H3/t22-,23+,25-,26-,27-,28+,31-,33+,34+,35+,36+/m0/s1. The zero-order chi connectivity index (χ0) is 30.4. The maximum absolute atomic E-state index is 13.6. The summed E-state index contributed by atoms with van der Waals surface area (Å²) in [5, 5.41) is 0. The number of ether oxygens (including phenoxy) is 3. The Hall–Kier alpha value is -2.41. The minimum atomic E-state index is -0.468. The highest BCUT2D eigenvalue weighted by Crippen LogP contribution is 2.86. The zero-order valence-corrected chi connectivity index (χ0v) is 26.6. The monoisotopic (exact) mass is 591 g/mol. The van der Waals surface area contributed by atoms with Gasteiger partial charge in [-0.3, -0.25) is 9.59 Å². The van der Waals surface area contributed by atoms with Gasteiger partial charge in [-0.05, 0) is 79.6 Å². The van der Waals surface area contributed by atoms with Crippen molar-refractivity contribution in [3.05, 3.63) is 35.9 Å². The van der Waals surface area contributed by atoms with Crippen molar-refractivity contribution in [1.29, 1.82) is 0 Å². The van der Waals surface area contributed by atoms with Gasteiger partial charge < -0.3 is 19.1 Å². The van der Waals surface area contributed by atoms with Gasteiger partial charge in [-0.1, -0.05) is 58.0 Å². The van der Waals surface area contributed by atoms with Crippen LogP contribution in [-0.2, 0) is 30.4 Å². The quantitative estimate of drug-likeness (QED) is 0.360. The lowest BCUT2D eigenvalue weighted by molar-refractivity contribution is -0.149. The van der Waals surface area contributed by atoms with Crippen LogP contribution in [0.5, 0.6) is 0 Å². The maximum Gasteiger partial charge on any atom is 0.410 e. The number of Topliss-reactive ketones (excluding diaryl/α,β-unsaturated/α-hetero) is 1. The van der Waals surface area contributed by atoms with Gasteiger partial charge in [-0.15, -0.1) is 0 Å². The van der Waals surface area contributed by atoms with Gasteiger partial charge in [0.05, 0.1) is 24.9 Å². The Morgan fingerprint density at radius 3 is 2.60 bits per heavy atom. The molecule has 0 aromatic heterocycles. The first-order valence-electron chi connectivity index (χ1n) is 16.7. The number of carbonyl (C=O) groups excluding carboxylic acids is 3. The average Bonchev–Trinajstić information content (AvgIpc) is 3.35. The number of methoxy groups -OCH3 is 1. The predicted octanol–water partition coefficient (Wildman–Crippen LogP) is 6.57. The topological polar surface area (TPSA) is 82.1 Å². The molecule has 2 saturated heterocycles. The Bertz CT molecular complexity index is 1300. The van der Waals surface area contributed by atoms with Gasteiger partial charge in [0.25, 0.3) is 0 Å². The number of esters is 1. The molecule has 0 N–H and O–H groups in total. The summed E-state index contributed by atoms with van der Waals surface area (Å²) in [6.45, 7) is 10.1. The Morgan fingerprint density at radius 2 is 1.86 bits per heavy atom. The van der Waals surface area contributed by atoms with Crippen LogP contribution >= 0.6 is 0 Å². The Labute approximate surface area is 256 Å². The number of hydrogen-bond acceptors (Lipinski definition) is 6. The van der Waals surface area contributed by atoms with Crippen LogP contribution in [0.2, 0.25) is 0 Å². The molecule has 6 aliphatic rings. The molecule has 2 heterocycles. The molecule has 0 radical (unpaired) electrons. The summed E-state index contributed by atoms with van der Waals surface area (Å²) in [5.74, 6) is 2.10. The zero-order valence-electron chi connectivity index (χ0n) is 26.6. The molecule has 4 saturated carbocycles. The van der Waals surface area contributed by atoms with Crippen LogP contribution in [-0.4, -0.2) is 54.1 Å². The number of carbonyl (C=O) groups is 3. The van der Waals surface area contributed by atoms with Crippen molar-refractivity contribution in [2.75, 3.05) is 13.7 Å². The number of likely N-dealkylation sites (tertiary alicyclic amines) is 1. The number of rotatable bonds is 5. The van der Waals surface area contributed by atoms with E-state index in [1.54, 1.807) is 0 Å². The summed E-state index contributed by atoms with van der Waals surface area (Å²) in [7, 11) is 1.43. The fourth-order valence-corrected chi connectivity index (χ4v) is 11.7. The molecule has 1 aromatic carbocycles. The Balaban J connectivity index is 1.14. The lowest BCUT2D eigenvalue weighted by Crippen LogP contribution is -2.56. The minimum Gasteiger partial charge on any atom is -0.469 e. The first-order valence-corrected chi connectivity index (χ1v) is 16.7. The molecule has 7 nitrogen and oxygen atoms in total. The van der Waals surface area contributed by atoms with Crippen LogP contribution in [0.25, 0.3) is 0 Å². The van der Waals surface area contributed by atoms with Gasteiger partial charge >= 0.3 is 12.1 Å². The predicted molar refractivity (Wildman–Crippen MR) is 161 cm³/mol. The molecule has 43 heavy (non-hydrogen) atoms. The van der Waals surface area contributed by atoms with Crippen LogP contribution in [0.3, 0.4) is 0 Å². The van der Waals surface area contributed by atoms with E-state index in [1.165, 1.54) is 7.11 Å². The highest BCUT2D eigenvalue weighted by molar-refractivity contribution is 5.86. The third-order valence-corrected chi connectivity index (χ3v) is 13.9. The van der Waals surface area contributed by atoms with Crippen molar-refractivity contribution in [3.63, 3.8) is 0 Å². The van der Waals surface area contributed by atoms with Crippen LogP contribution in [0.4, 0.5) is 4.79 Å². The van der Waals surface area contributed by atoms with E-state index in [-0.39, 0.29) is 53.2 Å². The SMILES string of the molecule is COC(=O)CC[C@@]1(C)C(=O)CC[C@H]2[C@@H]3CC[C@]4(O[C@@H]5C[C@H](C)CN(C(=O)OCc6ccccc6)[C@H]5[C@H]4C)[C@]4(C)C[C@]34C[C@@H]21. The molecule has 6 fully saturated rings. The largest absolute Gasteiger partial charge is 0.469 e. The van der Waals surface area contributed by atoms with Crippen molar-refractivity contribution in [1.82, 2.24) is 4.90 Å². The third kappa shape index (κ3) is 4.05. The smallest absolute Gasteiger partial charge is 0.410 e. The van der Waals surface area contributed by atoms with Crippen LogP contribution in [0.15, 0.2) is 30.3 Å². The van der Waals surface area contributed by atoms with Crippen LogP contribution < -0.4 is 0 Å². The molecular formula is C36H49NO6. The molecule has 7 rings (SSSR count). The summed E-state index contributed by atoms with van der Waals surface area (Å²) in [6, 6.07) is 9.91. The van der Waals surface area contributed by atoms with Gasteiger partial charge in [0.2, 0.25) is 0 Å². The lowest BCUT2D eigenvalue weighted by Gasteiger charge is -2.49. The van der Waals surface area contributed by atoms with Crippen molar-refractivity contribution < 1.29 is 28.6 Å². The molecule has 2 spiro atoms. The van der Waals surface area contributed by atoms with Crippen molar-refractivity contribution in [2.45, 2.75) is 110 Å². The van der Waals surface area contributed by atoms with E-state index in [0.717, 1.165) is 44.1 Å². The number of ketones is 1. The highest BCUT2D eigenvalue weighted by atomic mass is 16.6. The number of nitrogens with zero attached hydrogens (tertiary/aromatic N) is 1. The first kappa shape index (κ1) is 29.3. The van der Waals surface area contributed by atoms with E-state index in [0.29, 0.717) is 55.3 Å². The van der Waals surface area contributed by atoms with E-state index in [4.69, 9.17) is 14.2 Å². The number of piperidine rings is 1. The van der Waals surface area contributed by atoms with E-state index in [2.05, 4.69) is 27.7 Å². The summed E-state index contributed by atoms with van der Waals surface area (Å²) in [5.41, 5.74) is 0.441. The third-order valence-electron chi connectivity index (χ3n) is 13.9. The van der Waals surface area contributed by atoms with Gasteiger partial charge in [0.1, 0.15) is 12.4 Å². The van der Waals surface area contributed by atoms with E-state index >= 15 is 0 Å². The van der Waals surface area contributed by atoms with Gasteiger partial charge in [0.15, 0.2) is 0 Å². The van der Waals surface area contributed by atoms with Crippen molar-refractivity contribution >= 4 is 17.8 Å². The number of amides is 1. The number of hydrogen-bond donors (Lipinski definition) is 0. The van der Waals surface area contributed by atoms with E-state index < -0.39 is 5.41 Å². The first-order chi connectivity index (χ1) is 20.5. The average molecular weight is 592 g/mol. The van der Waals surface area contributed by atoms with Gasteiger partial charge in [-0.25, -0.2) is 4.79 Å². The minimum absolute atomic E-state index is 0.0149. The summed E-state index contributed by atoms with van der Waals surface area (Å²) < 4.78 is 18.2. The van der Waals surface area contributed by atoms with E-state index in [1.807, 2.05) is 35.2 Å².